The molecule has 0 aliphatic rings. The average Bonchev–Trinajstić information content (AvgIpc) is 3.20. The molecule has 122 valence electrons. The zero-order valence-electron chi connectivity index (χ0n) is 12.6. The largest absolute Gasteiger partial charge is 0.345 e. The summed E-state index contributed by atoms with van der Waals surface area (Å²) in [6, 6.07) is 11.3. The number of aryl methyl sites for hydroxylation is 1. The van der Waals surface area contributed by atoms with E-state index >= 15 is 0 Å². The first-order valence-electron chi connectivity index (χ1n) is 6.98. The van der Waals surface area contributed by atoms with Crippen LogP contribution in [0.25, 0.3) is 10.6 Å². The highest BCUT2D eigenvalue weighted by molar-refractivity contribution is 9.10. The lowest BCUT2D eigenvalue weighted by atomic mass is 10.2. The fourth-order valence-electron chi connectivity index (χ4n) is 2.08. The summed E-state index contributed by atoms with van der Waals surface area (Å²) in [6.45, 7) is 0. The van der Waals surface area contributed by atoms with Gasteiger partial charge in [0.1, 0.15) is 16.4 Å². The van der Waals surface area contributed by atoms with Crippen LogP contribution in [0.2, 0.25) is 0 Å². The summed E-state index contributed by atoms with van der Waals surface area (Å²) in [7, 11) is 1.74. The molecule has 0 saturated carbocycles. The lowest BCUT2D eigenvalue weighted by Gasteiger charge is -2.06. The summed E-state index contributed by atoms with van der Waals surface area (Å²) < 4.78 is 2.44. The first kappa shape index (κ1) is 16.4. The van der Waals surface area contributed by atoms with Crippen molar-refractivity contribution in [2.75, 3.05) is 0 Å². The SMILES string of the molecule is Cn1cc(Br)cc1C(=O)NNC(=O)c1csc(-c2ccccc2)n1. The topological polar surface area (TPSA) is 76.0 Å². The Hall–Kier alpha value is -2.45. The Balaban J connectivity index is 1.64. The van der Waals surface area contributed by atoms with Gasteiger partial charge in [0.25, 0.3) is 11.8 Å². The minimum absolute atomic E-state index is 0.257. The van der Waals surface area contributed by atoms with Crippen molar-refractivity contribution in [1.29, 1.82) is 0 Å². The number of halogens is 1. The van der Waals surface area contributed by atoms with Crippen molar-refractivity contribution in [2.24, 2.45) is 7.05 Å². The van der Waals surface area contributed by atoms with Crippen molar-refractivity contribution >= 4 is 39.1 Å². The van der Waals surface area contributed by atoms with Gasteiger partial charge in [0.15, 0.2) is 0 Å². The maximum Gasteiger partial charge on any atom is 0.289 e. The molecule has 0 radical (unpaired) electrons. The van der Waals surface area contributed by atoms with Gasteiger partial charge in [-0.15, -0.1) is 11.3 Å². The Morgan fingerprint density at radius 1 is 1.17 bits per heavy atom. The van der Waals surface area contributed by atoms with Crippen molar-refractivity contribution in [3.8, 4) is 10.6 Å². The molecule has 0 unspecified atom stereocenters. The summed E-state index contributed by atoms with van der Waals surface area (Å²) in [5.41, 5.74) is 6.38. The summed E-state index contributed by atoms with van der Waals surface area (Å²) in [6.07, 6.45) is 1.75. The maximum absolute atomic E-state index is 12.1. The number of hydrazine groups is 1. The normalized spacial score (nSPS) is 10.4. The zero-order chi connectivity index (χ0) is 17.1. The molecule has 0 saturated heterocycles. The van der Waals surface area contributed by atoms with Crippen molar-refractivity contribution in [3.63, 3.8) is 0 Å². The Labute approximate surface area is 150 Å². The number of hydrogen-bond donors (Lipinski definition) is 2. The van der Waals surface area contributed by atoms with Crippen LogP contribution in [-0.4, -0.2) is 21.4 Å². The van der Waals surface area contributed by atoms with Gasteiger partial charge in [-0.1, -0.05) is 30.3 Å². The van der Waals surface area contributed by atoms with Gasteiger partial charge in [0.2, 0.25) is 0 Å². The van der Waals surface area contributed by atoms with Crippen LogP contribution in [0.3, 0.4) is 0 Å². The Bertz CT molecular complexity index is 889. The fraction of sp³-hybridized carbons (Fsp3) is 0.0625. The molecule has 0 atom stereocenters. The van der Waals surface area contributed by atoms with E-state index in [0.29, 0.717) is 5.69 Å². The van der Waals surface area contributed by atoms with Crippen LogP contribution in [-0.2, 0) is 7.05 Å². The van der Waals surface area contributed by atoms with E-state index in [2.05, 4.69) is 31.8 Å². The third-order valence-electron chi connectivity index (χ3n) is 3.25. The average molecular weight is 405 g/mol. The molecule has 1 aromatic carbocycles. The van der Waals surface area contributed by atoms with Gasteiger partial charge in [0, 0.05) is 28.7 Å². The second-order valence-corrected chi connectivity index (χ2v) is 6.74. The minimum atomic E-state index is -0.463. The molecule has 2 heterocycles. The van der Waals surface area contributed by atoms with Gasteiger partial charge < -0.3 is 4.57 Å². The number of carbonyl (C=O) groups is 2. The third-order valence-corrected chi connectivity index (χ3v) is 4.58. The quantitative estimate of drug-likeness (QED) is 0.658. The van der Waals surface area contributed by atoms with E-state index in [0.717, 1.165) is 15.0 Å². The highest BCUT2D eigenvalue weighted by Crippen LogP contribution is 2.23. The van der Waals surface area contributed by atoms with E-state index in [-0.39, 0.29) is 5.69 Å². The van der Waals surface area contributed by atoms with Crippen molar-refractivity contribution in [2.45, 2.75) is 0 Å². The third kappa shape index (κ3) is 3.55. The van der Waals surface area contributed by atoms with Crippen LogP contribution in [0.5, 0.6) is 0 Å². The number of carbonyl (C=O) groups excluding carboxylic acids is 2. The molecular weight excluding hydrogens is 392 g/mol. The van der Waals surface area contributed by atoms with Gasteiger partial charge in [-0.3, -0.25) is 20.4 Å². The van der Waals surface area contributed by atoms with Crippen LogP contribution in [0, 0.1) is 0 Å². The molecule has 6 nitrogen and oxygen atoms in total. The summed E-state index contributed by atoms with van der Waals surface area (Å²) >= 11 is 4.67. The van der Waals surface area contributed by atoms with Gasteiger partial charge in [-0.25, -0.2) is 4.98 Å². The molecule has 2 amide bonds. The van der Waals surface area contributed by atoms with E-state index < -0.39 is 11.8 Å². The highest BCUT2D eigenvalue weighted by Gasteiger charge is 2.15. The van der Waals surface area contributed by atoms with Gasteiger partial charge >= 0.3 is 0 Å². The minimum Gasteiger partial charge on any atom is -0.345 e. The van der Waals surface area contributed by atoms with Crippen molar-refractivity contribution < 1.29 is 9.59 Å². The molecule has 3 aromatic rings. The summed E-state index contributed by atoms with van der Waals surface area (Å²) in [5.74, 6) is -0.870. The smallest absolute Gasteiger partial charge is 0.289 e. The van der Waals surface area contributed by atoms with Gasteiger partial charge in [-0.2, -0.15) is 0 Å². The number of benzene rings is 1. The molecule has 8 heteroatoms. The monoisotopic (exact) mass is 404 g/mol. The number of nitrogens with zero attached hydrogens (tertiary/aromatic N) is 2. The van der Waals surface area contributed by atoms with Crippen LogP contribution < -0.4 is 10.9 Å². The molecule has 0 aliphatic heterocycles. The molecular formula is C16H13BrN4O2S. The Morgan fingerprint density at radius 3 is 2.54 bits per heavy atom. The van der Waals surface area contributed by atoms with Gasteiger partial charge in [-0.05, 0) is 22.0 Å². The maximum atomic E-state index is 12.1. The molecule has 0 fully saturated rings. The van der Waals surface area contributed by atoms with Crippen LogP contribution in [0.4, 0.5) is 0 Å². The van der Waals surface area contributed by atoms with Crippen LogP contribution in [0.15, 0.2) is 52.4 Å². The number of rotatable bonds is 3. The van der Waals surface area contributed by atoms with Gasteiger partial charge in [0.05, 0.1) is 0 Å². The van der Waals surface area contributed by atoms with E-state index in [1.165, 1.54) is 11.3 Å². The highest BCUT2D eigenvalue weighted by atomic mass is 79.9. The standard InChI is InChI=1S/C16H13BrN4O2S/c1-21-8-11(17)7-13(21)15(23)20-19-14(22)12-9-24-16(18-12)10-5-3-2-4-6-10/h2-9H,1H3,(H,19,22)(H,20,23). The number of hydrogen-bond acceptors (Lipinski definition) is 4. The molecule has 2 N–H and O–H groups in total. The predicted molar refractivity (Wildman–Crippen MR) is 95.6 cm³/mol. The predicted octanol–water partition coefficient (Wildman–Crippen LogP) is 2.99. The van der Waals surface area contributed by atoms with E-state index in [1.54, 1.807) is 29.3 Å². The van der Waals surface area contributed by atoms with E-state index in [1.807, 2.05) is 30.3 Å². The Morgan fingerprint density at radius 2 is 1.88 bits per heavy atom. The molecule has 0 bridgehead atoms. The second-order valence-electron chi connectivity index (χ2n) is 4.97. The number of thiazole rings is 1. The van der Waals surface area contributed by atoms with E-state index in [4.69, 9.17) is 0 Å². The molecule has 24 heavy (non-hydrogen) atoms. The number of aromatic nitrogens is 2. The zero-order valence-corrected chi connectivity index (χ0v) is 15.0. The van der Waals surface area contributed by atoms with Crippen LogP contribution in [0.1, 0.15) is 21.0 Å². The van der Waals surface area contributed by atoms with Crippen molar-refractivity contribution in [1.82, 2.24) is 20.4 Å². The molecule has 0 spiro atoms. The number of amides is 2. The Kier molecular flexibility index (Phi) is 4.77. The summed E-state index contributed by atoms with van der Waals surface area (Å²) in [5, 5.41) is 2.40. The van der Waals surface area contributed by atoms with Crippen molar-refractivity contribution in [3.05, 3.63) is 63.8 Å². The second kappa shape index (κ2) is 6.98. The first-order chi connectivity index (χ1) is 11.5. The first-order valence-corrected chi connectivity index (χ1v) is 8.65. The molecule has 0 aliphatic carbocycles. The van der Waals surface area contributed by atoms with Crippen LogP contribution >= 0.6 is 27.3 Å². The molecule has 2 aromatic heterocycles. The van der Waals surface area contributed by atoms with E-state index in [9.17, 15) is 9.59 Å². The molecule has 3 rings (SSSR count). The summed E-state index contributed by atoms with van der Waals surface area (Å²) in [4.78, 5) is 28.5. The fourth-order valence-corrected chi connectivity index (χ4v) is 3.41. The lowest BCUT2D eigenvalue weighted by Crippen LogP contribution is -2.42. The lowest BCUT2D eigenvalue weighted by molar-refractivity contribution is 0.0840. The number of nitrogens with one attached hydrogen (secondary N) is 2.